The fourth-order valence-electron chi connectivity index (χ4n) is 2.80. The molecular formula is C20H17ClN2O. The van der Waals surface area contributed by atoms with Crippen LogP contribution in [-0.4, -0.2) is 12.6 Å². The number of carbonyl (C=O) groups excluding carboxylic acids is 1. The summed E-state index contributed by atoms with van der Waals surface area (Å²) in [5.41, 5.74) is 5.91. The molecule has 0 radical (unpaired) electrons. The van der Waals surface area contributed by atoms with Crippen molar-refractivity contribution in [1.82, 2.24) is 0 Å². The summed E-state index contributed by atoms with van der Waals surface area (Å²) in [6.07, 6.45) is 6.02. The van der Waals surface area contributed by atoms with E-state index in [-0.39, 0.29) is 5.91 Å². The predicted octanol–water partition coefficient (Wildman–Crippen LogP) is 5.12. The molecule has 0 spiro atoms. The molecule has 1 aliphatic heterocycles. The molecule has 0 fully saturated rings. The smallest absolute Gasteiger partial charge is 0.228 e. The van der Waals surface area contributed by atoms with E-state index in [2.05, 4.69) is 17.0 Å². The summed E-state index contributed by atoms with van der Waals surface area (Å²) < 4.78 is 0. The first-order valence-corrected chi connectivity index (χ1v) is 8.02. The first kappa shape index (κ1) is 16.2. The number of carbonyl (C=O) groups is 1. The minimum absolute atomic E-state index is 0.00825. The predicted molar refractivity (Wildman–Crippen MR) is 102 cm³/mol. The molecule has 3 rings (SSSR count). The van der Waals surface area contributed by atoms with Gasteiger partial charge in [0.1, 0.15) is 0 Å². The highest BCUT2D eigenvalue weighted by atomic mass is 35.5. The Hall–Kier alpha value is -2.65. The number of amides is 1. The fourth-order valence-corrected chi connectivity index (χ4v) is 3.08. The largest absolute Gasteiger partial charge is 0.325 e. The summed E-state index contributed by atoms with van der Waals surface area (Å²) in [4.78, 5) is 15.3. The van der Waals surface area contributed by atoms with Gasteiger partial charge in [0.15, 0.2) is 0 Å². The van der Waals surface area contributed by atoms with E-state index in [1.165, 1.54) is 0 Å². The summed E-state index contributed by atoms with van der Waals surface area (Å²) >= 11 is 6.40. The molecule has 0 saturated carbocycles. The Morgan fingerprint density at radius 2 is 2.04 bits per heavy atom. The second kappa shape index (κ2) is 6.85. The van der Waals surface area contributed by atoms with E-state index in [1.807, 2.05) is 55.5 Å². The monoisotopic (exact) mass is 336 g/mol. The van der Waals surface area contributed by atoms with Gasteiger partial charge in [-0.2, -0.15) is 0 Å². The quantitative estimate of drug-likeness (QED) is 0.611. The summed E-state index contributed by atoms with van der Waals surface area (Å²) in [5.74, 6) is 0.00825. The number of allylic oxidation sites excluding steroid dienone is 3. The van der Waals surface area contributed by atoms with Crippen molar-refractivity contribution < 1.29 is 4.79 Å². The summed E-state index contributed by atoms with van der Waals surface area (Å²) in [5, 5.41) is 3.45. The maximum atomic E-state index is 11.5. The Labute approximate surface area is 146 Å². The maximum absolute atomic E-state index is 11.5. The van der Waals surface area contributed by atoms with E-state index in [4.69, 9.17) is 11.6 Å². The lowest BCUT2D eigenvalue weighted by Gasteiger charge is -2.09. The molecule has 3 nitrogen and oxygen atoms in total. The number of nitrogens with zero attached hydrogens (tertiary/aromatic N) is 1. The van der Waals surface area contributed by atoms with Gasteiger partial charge < -0.3 is 5.32 Å². The molecule has 0 unspecified atom stereocenters. The average Bonchev–Trinajstić information content (AvgIpc) is 2.94. The average molecular weight is 337 g/mol. The van der Waals surface area contributed by atoms with Gasteiger partial charge in [-0.1, -0.05) is 41.9 Å². The summed E-state index contributed by atoms with van der Waals surface area (Å²) in [6.45, 7) is 5.43. The topological polar surface area (TPSA) is 41.5 Å². The first-order chi connectivity index (χ1) is 11.6. The Morgan fingerprint density at radius 1 is 1.29 bits per heavy atom. The van der Waals surface area contributed by atoms with Gasteiger partial charge in [0.2, 0.25) is 5.91 Å². The molecule has 2 aromatic carbocycles. The van der Waals surface area contributed by atoms with Crippen molar-refractivity contribution in [3.8, 4) is 11.1 Å². The zero-order chi connectivity index (χ0) is 17.1. The Kier molecular flexibility index (Phi) is 4.63. The van der Waals surface area contributed by atoms with E-state index in [0.29, 0.717) is 11.4 Å². The van der Waals surface area contributed by atoms with Crippen molar-refractivity contribution in [2.24, 2.45) is 4.99 Å². The number of anilines is 1. The van der Waals surface area contributed by atoms with Crippen molar-refractivity contribution in [1.29, 1.82) is 0 Å². The van der Waals surface area contributed by atoms with E-state index in [0.717, 1.165) is 33.5 Å². The fraction of sp³-hybridized carbons (Fsp3) is 0.100. The highest BCUT2D eigenvalue weighted by molar-refractivity contribution is 6.34. The SMILES string of the molecule is C=NC=CC(=CC)c1ccc(-c2cc3c(cc2Cl)NC(=O)C3)cc1. The zero-order valence-corrected chi connectivity index (χ0v) is 14.1. The van der Waals surface area contributed by atoms with Crippen molar-refractivity contribution >= 4 is 35.5 Å². The third kappa shape index (κ3) is 3.17. The first-order valence-electron chi connectivity index (χ1n) is 7.64. The molecule has 0 aromatic heterocycles. The molecule has 24 heavy (non-hydrogen) atoms. The zero-order valence-electron chi connectivity index (χ0n) is 13.3. The highest BCUT2D eigenvalue weighted by Gasteiger charge is 2.20. The summed E-state index contributed by atoms with van der Waals surface area (Å²) in [7, 11) is 0. The lowest BCUT2D eigenvalue weighted by molar-refractivity contribution is -0.115. The number of rotatable bonds is 4. The second-order valence-electron chi connectivity index (χ2n) is 5.53. The lowest BCUT2D eigenvalue weighted by Crippen LogP contribution is -2.03. The van der Waals surface area contributed by atoms with Gasteiger partial charge in [-0.25, -0.2) is 0 Å². The summed E-state index contributed by atoms with van der Waals surface area (Å²) in [6, 6.07) is 12.0. The van der Waals surface area contributed by atoms with Crippen LogP contribution in [0, 0.1) is 0 Å². The third-order valence-electron chi connectivity index (χ3n) is 4.02. The van der Waals surface area contributed by atoms with Gasteiger partial charge >= 0.3 is 0 Å². The molecule has 2 aromatic rings. The number of benzene rings is 2. The number of hydrogen-bond acceptors (Lipinski definition) is 2. The van der Waals surface area contributed by atoms with Crippen LogP contribution >= 0.6 is 11.6 Å². The molecule has 0 saturated heterocycles. The molecule has 1 N–H and O–H groups in total. The van der Waals surface area contributed by atoms with Crippen LogP contribution in [0.25, 0.3) is 16.7 Å². The lowest BCUT2D eigenvalue weighted by atomic mass is 9.98. The minimum Gasteiger partial charge on any atom is -0.325 e. The van der Waals surface area contributed by atoms with Gasteiger partial charge in [0, 0.05) is 17.5 Å². The molecule has 0 aliphatic carbocycles. The van der Waals surface area contributed by atoms with Crippen molar-refractivity contribution in [3.63, 3.8) is 0 Å². The molecule has 4 heteroatoms. The van der Waals surface area contributed by atoms with Crippen molar-refractivity contribution in [2.75, 3.05) is 5.32 Å². The Morgan fingerprint density at radius 3 is 2.71 bits per heavy atom. The molecular weight excluding hydrogens is 320 g/mol. The molecule has 1 aliphatic rings. The van der Waals surface area contributed by atoms with Gasteiger partial charge in [-0.15, -0.1) is 0 Å². The van der Waals surface area contributed by atoms with Crippen LogP contribution in [0.3, 0.4) is 0 Å². The van der Waals surface area contributed by atoms with Gasteiger partial charge in [-0.3, -0.25) is 9.79 Å². The Bertz CT molecular complexity index is 864. The standard InChI is InChI=1S/C20H17ClN2O/c1-3-13(8-9-22-2)14-4-6-15(7-5-14)17-10-16-11-20(24)23-19(16)12-18(17)21/h3-10,12H,2,11H2,1H3,(H,23,24). The van der Waals surface area contributed by atoms with E-state index < -0.39 is 0 Å². The van der Waals surface area contributed by atoms with Crippen LogP contribution in [0.2, 0.25) is 5.02 Å². The molecule has 1 heterocycles. The van der Waals surface area contributed by atoms with Crippen LogP contribution in [0.5, 0.6) is 0 Å². The normalized spacial score (nSPS) is 13.9. The van der Waals surface area contributed by atoms with Gasteiger partial charge in [-0.05, 0) is 54.1 Å². The van der Waals surface area contributed by atoms with Crippen molar-refractivity contribution in [2.45, 2.75) is 13.3 Å². The second-order valence-corrected chi connectivity index (χ2v) is 5.94. The molecule has 120 valence electrons. The molecule has 1 amide bonds. The highest BCUT2D eigenvalue weighted by Crippen LogP contribution is 2.36. The van der Waals surface area contributed by atoms with Gasteiger partial charge in [0.25, 0.3) is 0 Å². The molecule has 0 atom stereocenters. The number of fused-ring (bicyclic) bond motifs is 1. The van der Waals surface area contributed by atoms with Crippen LogP contribution in [0.15, 0.2) is 59.7 Å². The van der Waals surface area contributed by atoms with Crippen LogP contribution in [0.4, 0.5) is 5.69 Å². The maximum Gasteiger partial charge on any atom is 0.228 e. The number of hydrogen-bond donors (Lipinski definition) is 1. The van der Waals surface area contributed by atoms with E-state index in [1.54, 1.807) is 6.20 Å². The van der Waals surface area contributed by atoms with Crippen molar-refractivity contribution in [3.05, 3.63) is 70.9 Å². The number of nitrogens with one attached hydrogen (secondary N) is 1. The van der Waals surface area contributed by atoms with E-state index >= 15 is 0 Å². The third-order valence-corrected chi connectivity index (χ3v) is 4.33. The minimum atomic E-state index is 0.00825. The van der Waals surface area contributed by atoms with E-state index in [9.17, 15) is 4.79 Å². The Balaban J connectivity index is 1.95. The van der Waals surface area contributed by atoms with Crippen LogP contribution < -0.4 is 5.32 Å². The van der Waals surface area contributed by atoms with Crippen LogP contribution in [0.1, 0.15) is 18.1 Å². The number of aliphatic imine (C=N–C) groups is 1. The molecule has 0 bridgehead atoms. The number of halogens is 1. The van der Waals surface area contributed by atoms with Crippen LogP contribution in [-0.2, 0) is 11.2 Å². The van der Waals surface area contributed by atoms with Gasteiger partial charge in [0.05, 0.1) is 11.4 Å².